The monoisotopic (exact) mass is 308 g/mol. The third kappa shape index (κ3) is 3.34. The molecule has 5 heteroatoms. The first-order valence-electron chi connectivity index (χ1n) is 6.25. The SMILES string of the molecule is COc1ccc(C(=O)Cc2cccc(F)c2)c(OC)c1Cl. The molecule has 0 N–H and O–H groups in total. The Morgan fingerprint density at radius 1 is 1.19 bits per heavy atom. The van der Waals surface area contributed by atoms with Crippen LogP contribution in [-0.2, 0) is 6.42 Å². The topological polar surface area (TPSA) is 35.5 Å². The number of carbonyl (C=O) groups is 1. The molecule has 0 amide bonds. The average Bonchev–Trinajstić information content (AvgIpc) is 2.46. The number of methoxy groups -OCH3 is 2. The van der Waals surface area contributed by atoms with Crippen LogP contribution in [0, 0.1) is 5.82 Å². The van der Waals surface area contributed by atoms with Crippen LogP contribution in [0.25, 0.3) is 0 Å². The zero-order chi connectivity index (χ0) is 15.4. The summed E-state index contributed by atoms with van der Waals surface area (Å²) in [5.74, 6) is 0.107. The predicted octanol–water partition coefficient (Wildman–Crippen LogP) is 3.92. The molecule has 0 aromatic heterocycles. The van der Waals surface area contributed by atoms with Gasteiger partial charge in [0.1, 0.15) is 16.6 Å². The highest BCUT2D eigenvalue weighted by Crippen LogP contribution is 2.37. The molecule has 0 radical (unpaired) electrons. The van der Waals surface area contributed by atoms with Gasteiger partial charge in [-0.15, -0.1) is 0 Å². The van der Waals surface area contributed by atoms with Crippen LogP contribution in [0.4, 0.5) is 4.39 Å². The Bertz CT molecular complexity index is 671. The second-order valence-electron chi connectivity index (χ2n) is 4.39. The number of ketones is 1. The van der Waals surface area contributed by atoms with Crippen molar-refractivity contribution in [3.05, 3.63) is 58.4 Å². The van der Waals surface area contributed by atoms with E-state index in [-0.39, 0.29) is 28.8 Å². The van der Waals surface area contributed by atoms with Gasteiger partial charge < -0.3 is 9.47 Å². The quantitative estimate of drug-likeness (QED) is 0.785. The third-order valence-electron chi connectivity index (χ3n) is 3.04. The number of Topliss-reactive ketones (excluding diaryl/α,β-unsaturated/α-hetero) is 1. The molecule has 0 aliphatic rings. The average molecular weight is 309 g/mol. The fourth-order valence-electron chi connectivity index (χ4n) is 2.04. The van der Waals surface area contributed by atoms with Crippen LogP contribution in [0.1, 0.15) is 15.9 Å². The smallest absolute Gasteiger partial charge is 0.171 e. The lowest BCUT2D eigenvalue weighted by Crippen LogP contribution is -2.07. The minimum absolute atomic E-state index is 0.0662. The van der Waals surface area contributed by atoms with Gasteiger partial charge in [-0.1, -0.05) is 23.7 Å². The summed E-state index contributed by atoms with van der Waals surface area (Å²) in [7, 11) is 2.91. The van der Waals surface area contributed by atoms with Gasteiger partial charge in [0.2, 0.25) is 0 Å². The van der Waals surface area contributed by atoms with E-state index in [1.807, 2.05) is 0 Å². The van der Waals surface area contributed by atoms with Crippen molar-refractivity contribution >= 4 is 17.4 Å². The van der Waals surface area contributed by atoms with E-state index in [2.05, 4.69) is 0 Å². The van der Waals surface area contributed by atoms with Gasteiger partial charge in [-0.2, -0.15) is 0 Å². The van der Waals surface area contributed by atoms with Crippen LogP contribution in [0.3, 0.4) is 0 Å². The molecule has 0 atom stereocenters. The fraction of sp³-hybridized carbons (Fsp3) is 0.188. The summed E-state index contributed by atoms with van der Waals surface area (Å²) in [6.45, 7) is 0. The minimum Gasteiger partial charge on any atom is -0.495 e. The molecule has 2 aromatic carbocycles. The molecule has 2 rings (SSSR count). The molecular formula is C16H14ClFO3. The first kappa shape index (κ1) is 15.3. The van der Waals surface area contributed by atoms with Crippen LogP contribution in [0.5, 0.6) is 11.5 Å². The lowest BCUT2D eigenvalue weighted by molar-refractivity contribution is 0.0990. The Morgan fingerprint density at radius 3 is 2.57 bits per heavy atom. The first-order chi connectivity index (χ1) is 10.1. The van der Waals surface area contributed by atoms with Gasteiger partial charge in [0.05, 0.1) is 19.8 Å². The molecule has 0 unspecified atom stereocenters. The standard InChI is InChI=1S/C16H14ClFO3/c1-20-14-7-6-12(16(21-2)15(14)17)13(19)9-10-4-3-5-11(18)8-10/h3-8H,9H2,1-2H3. The maximum atomic E-state index is 13.2. The summed E-state index contributed by atoms with van der Waals surface area (Å²) in [6.07, 6.45) is 0.0662. The molecule has 0 fully saturated rings. The van der Waals surface area contributed by atoms with Crippen LogP contribution in [0.15, 0.2) is 36.4 Å². The van der Waals surface area contributed by atoms with Crippen molar-refractivity contribution in [1.29, 1.82) is 0 Å². The molecule has 0 aliphatic carbocycles. The minimum atomic E-state index is -0.375. The van der Waals surface area contributed by atoms with Crippen LogP contribution < -0.4 is 9.47 Å². The zero-order valence-electron chi connectivity index (χ0n) is 11.7. The van der Waals surface area contributed by atoms with Gasteiger partial charge in [-0.05, 0) is 29.8 Å². The largest absolute Gasteiger partial charge is 0.495 e. The number of hydrogen-bond donors (Lipinski definition) is 0. The van der Waals surface area contributed by atoms with Crippen molar-refractivity contribution < 1.29 is 18.7 Å². The van der Waals surface area contributed by atoms with E-state index in [9.17, 15) is 9.18 Å². The van der Waals surface area contributed by atoms with Gasteiger partial charge in [0.15, 0.2) is 11.5 Å². The molecule has 0 saturated carbocycles. The van der Waals surface area contributed by atoms with Crippen molar-refractivity contribution in [2.45, 2.75) is 6.42 Å². The van der Waals surface area contributed by atoms with Gasteiger partial charge in [-0.25, -0.2) is 4.39 Å². The third-order valence-corrected chi connectivity index (χ3v) is 3.40. The Morgan fingerprint density at radius 2 is 1.95 bits per heavy atom. The summed E-state index contributed by atoms with van der Waals surface area (Å²) in [5.41, 5.74) is 0.932. The number of halogens is 2. The van der Waals surface area contributed by atoms with E-state index < -0.39 is 0 Å². The van der Waals surface area contributed by atoms with E-state index in [4.69, 9.17) is 21.1 Å². The van der Waals surface area contributed by atoms with E-state index in [1.165, 1.54) is 26.4 Å². The number of carbonyl (C=O) groups excluding carboxylic acids is 1. The maximum Gasteiger partial charge on any atom is 0.171 e. The van der Waals surface area contributed by atoms with E-state index in [0.29, 0.717) is 16.9 Å². The molecular weight excluding hydrogens is 295 g/mol. The van der Waals surface area contributed by atoms with Crippen molar-refractivity contribution in [2.24, 2.45) is 0 Å². The van der Waals surface area contributed by atoms with Crippen molar-refractivity contribution in [1.82, 2.24) is 0 Å². The first-order valence-corrected chi connectivity index (χ1v) is 6.62. The zero-order valence-corrected chi connectivity index (χ0v) is 12.4. The van der Waals surface area contributed by atoms with Crippen LogP contribution in [-0.4, -0.2) is 20.0 Å². The molecule has 0 heterocycles. The van der Waals surface area contributed by atoms with Crippen LogP contribution >= 0.6 is 11.6 Å². The Kier molecular flexibility index (Phi) is 4.81. The number of hydrogen-bond acceptors (Lipinski definition) is 3. The Hall–Kier alpha value is -2.07. The molecule has 0 aliphatic heterocycles. The molecule has 0 saturated heterocycles. The predicted molar refractivity (Wildman–Crippen MR) is 79.0 cm³/mol. The summed E-state index contributed by atoms with van der Waals surface area (Å²) >= 11 is 6.12. The Labute approximate surface area is 127 Å². The summed E-state index contributed by atoms with van der Waals surface area (Å²) in [5, 5.41) is 0.241. The normalized spacial score (nSPS) is 10.3. The lowest BCUT2D eigenvalue weighted by atomic mass is 10.0. The van der Waals surface area contributed by atoms with Gasteiger partial charge in [-0.3, -0.25) is 4.79 Å². The molecule has 21 heavy (non-hydrogen) atoms. The highest BCUT2D eigenvalue weighted by molar-refractivity contribution is 6.34. The number of rotatable bonds is 5. The fourth-order valence-corrected chi connectivity index (χ4v) is 2.36. The lowest BCUT2D eigenvalue weighted by Gasteiger charge is -2.12. The number of benzene rings is 2. The van der Waals surface area contributed by atoms with Gasteiger partial charge in [0.25, 0.3) is 0 Å². The van der Waals surface area contributed by atoms with Crippen molar-refractivity contribution in [3.8, 4) is 11.5 Å². The summed E-state index contributed by atoms with van der Waals surface area (Å²) in [4.78, 5) is 12.4. The van der Waals surface area contributed by atoms with Crippen molar-refractivity contribution in [2.75, 3.05) is 14.2 Å². The summed E-state index contributed by atoms with van der Waals surface area (Å²) < 4.78 is 23.4. The van der Waals surface area contributed by atoms with Gasteiger partial charge in [0, 0.05) is 6.42 Å². The molecule has 0 bridgehead atoms. The number of ether oxygens (including phenoxy) is 2. The molecule has 110 valence electrons. The van der Waals surface area contributed by atoms with Gasteiger partial charge >= 0.3 is 0 Å². The molecule has 0 spiro atoms. The second kappa shape index (κ2) is 6.59. The van der Waals surface area contributed by atoms with Crippen LogP contribution in [0.2, 0.25) is 5.02 Å². The highest BCUT2D eigenvalue weighted by atomic mass is 35.5. The van der Waals surface area contributed by atoms with E-state index in [1.54, 1.807) is 24.3 Å². The Balaban J connectivity index is 2.33. The maximum absolute atomic E-state index is 13.2. The van der Waals surface area contributed by atoms with E-state index >= 15 is 0 Å². The second-order valence-corrected chi connectivity index (χ2v) is 4.77. The summed E-state index contributed by atoms with van der Waals surface area (Å²) in [6, 6.07) is 9.11. The molecule has 2 aromatic rings. The van der Waals surface area contributed by atoms with E-state index in [0.717, 1.165) is 0 Å². The van der Waals surface area contributed by atoms with Crippen molar-refractivity contribution in [3.63, 3.8) is 0 Å². The molecule has 3 nitrogen and oxygen atoms in total. The highest BCUT2D eigenvalue weighted by Gasteiger charge is 2.18.